The molecule has 1 aromatic heterocycles. The summed E-state index contributed by atoms with van der Waals surface area (Å²) in [5, 5.41) is 2.41. The molecule has 5 rings (SSSR count). The Morgan fingerprint density at radius 1 is 0.871 bits per heavy atom. The largest absolute Gasteiger partial charge is 0.335 e. The summed E-state index contributed by atoms with van der Waals surface area (Å²) in [6, 6.07) is 8.77. The lowest BCUT2D eigenvalue weighted by Gasteiger charge is -2.48. The minimum absolute atomic E-state index is 0.0386. The van der Waals surface area contributed by atoms with Gasteiger partial charge in [0, 0.05) is 62.5 Å². The minimum atomic E-state index is 0.0386. The Bertz CT molecular complexity index is 894. The lowest BCUT2D eigenvalue weighted by molar-refractivity contribution is 0.00853. The van der Waals surface area contributed by atoms with Crippen molar-refractivity contribution in [2.45, 2.75) is 44.1 Å². The first kappa shape index (κ1) is 20.6. The molecular weight excluding hydrogens is 408 g/mol. The Morgan fingerprint density at radius 3 is 2.23 bits per heavy atom. The standard InChI is InChI=1S/C24H30N4O2S/c29-23(20-8-6-19(7-9-20)18-4-2-1-3-5-18)28-16-21(17-28)26-11-13-27(14-12-26)24(30)22-25-10-15-31-22/h6-10,15,18,21H,1-5,11-14,16-17H2. The molecule has 0 N–H and O–H groups in total. The number of nitrogens with zero attached hydrogens (tertiary/aromatic N) is 4. The van der Waals surface area contributed by atoms with Crippen molar-refractivity contribution in [2.24, 2.45) is 0 Å². The molecule has 2 saturated heterocycles. The molecule has 1 saturated carbocycles. The molecule has 3 aliphatic rings. The van der Waals surface area contributed by atoms with E-state index in [1.165, 1.54) is 49.0 Å². The monoisotopic (exact) mass is 438 g/mol. The van der Waals surface area contributed by atoms with E-state index in [0.717, 1.165) is 44.8 Å². The van der Waals surface area contributed by atoms with Gasteiger partial charge in [-0.05, 0) is 36.5 Å². The summed E-state index contributed by atoms with van der Waals surface area (Å²) < 4.78 is 0. The number of carbonyl (C=O) groups excluding carboxylic acids is 2. The summed E-state index contributed by atoms with van der Waals surface area (Å²) in [6.07, 6.45) is 8.26. The average Bonchev–Trinajstić information content (AvgIpc) is 3.34. The number of likely N-dealkylation sites (tertiary alicyclic amines) is 1. The van der Waals surface area contributed by atoms with Gasteiger partial charge in [-0.1, -0.05) is 31.4 Å². The fourth-order valence-electron chi connectivity index (χ4n) is 5.12. The molecule has 1 aliphatic carbocycles. The van der Waals surface area contributed by atoms with Gasteiger partial charge in [-0.15, -0.1) is 11.3 Å². The third-order valence-electron chi connectivity index (χ3n) is 7.12. The first-order valence-electron chi connectivity index (χ1n) is 11.5. The fourth-order valence-corrected chi connectivity index (χ4v) is 5.73. The van der Waals surface area contributed by atoms with Crippen molar-refractivity contribution in [1.82, 2.24) is 19.7 Å². The van der Waals surface area contributed by atoms with E-state index >= 15 is 0 Å². The predicted molar refractivity (Wildman–Crippen MR) is 122 cm³/mol. The highest BCUT2D eigenvalue weighted by Gasteiger charge is 2.37. The predicted octanol–water partition coefficient (Wildman–Crippen LogP) is 3.47. The van der Waals surface area contributed by atoms with Gasteiger partial charge in [0.2, 0.25) is 0 Å². The van der Waals surface area contributed by atoms with E-state index in [9.17, 15) is 9.59 Å². The number of hydrogen-bond acceptors (Lipinski definition) is 5. The van der Waals surface area contributed by atoms with E-state index in [-0.39, 0.29) is 11.8 Å². The summed E-state index contributed by atoms with van der Waals surface area (Å²) in [6.45, 7) is 4.74. The van der Waals surface area contributed by atoms with Crippen molar-refractivity contribution in [1.29, 1.82) is 0 Å². The van der Waals surface area contributed by atoms with Crippen LogP contribution in [0.15, 0.2) is 35.8 Å². The third-order valence-corrected chi connectivity index (χ3v) is 7.88. The van der Waals surface area contributed by atoms with Crippen LogP contribution in [0.2, 0.25) is 0 Å². The molecule has 3 fully saturated rings. The topological polar surface area (TPSA) is 56.8 Å². The first-order chi connectivity index (χ1) is 15.2. The summed E-state index contributed by atoms with van der Waals surface area (Å²) in [5.74, 6) is 0.855. The van der Waals surface area contributed by atoms with Gasteiger partial charge in [0.1, 0.15) is 0 Å². The van der Waals surface area contributed by atoms with Crippen molar-refractivity contribution in [3.8, 4) is 0 Å². The fraction of sp³-hybridized carbons (Fsp3) is 0.542. The molecule has 1 aromatic carbocycles. The van der Waals surface area contributed by atoms with Gasteiger partial charge in [0.15, 0.2) is 5.01 Å². The molecule has 7 heteroatoms. The summed E-state index contributed by atoms with van der Waals surface area (Å²) in [4.78, 5) is 35.7. The van der Waals surface area contributed by atoms with E-state index in [1.54, 1.807) is 6.20 Å². The SMILES string of the molecule is O=C(c1ccc(C2CCCCC2)cc1)N1CC(N2CCN(C(=O)c3nccs3)CC2)C1. The summed E-state index contributed by atoms with van der Waals surface area (Å²) in [7, 11) is 0. The Balaban J connectivity index is 1.09. The normalized spacial score (nSPS) is 21.2. The Morgan fingerprint density at radius 2 is 1.58 bits per heavy atom. The second kappa shape index (κ2) is 9.09. The van der Waals surface area contributed by atoms with Gasteiger partial charge in [-0.3, -0.25) is 14.5 Å². The molecule has 2 aliphatic heterocycles. The van der Waals surface area contributed by atoms with E-state index in [1.807, 2.05) is 27.3 Å². The number of rotatable bonds is 4. The number of hydrogen-bond donors (Lipinski definition) is 0. The smallest absolute Gasteiger partial charge is 0.282 e. The number of piperazine rings is 1. The molecular formula is C24H30N4O2S. The second-order valence-electron chi connectivity index (χ2n) is 8.99. The maximum atomic E-state index is 12.9. The summed E-state index contributed by atoms with van der Waals surface area (Å²) >= 11 is 1.40. The number of carbonyl (C=O) groups is 2. The zero-order valence-corrected chi connectivity index (χ0v) is 18.7. The average molecular weight is 439 g/mol. The van der Waals surface area contributed by atoms with Gasteiger partial charge in [0.05, 0.1) is 0 Å². The van der Waals surface area contributed by atoms with Crippen molar-refractivity contribution in [3.05, 3.63) is 52.0 Å². The molecule has 3 heterocycles. The molecule has 0 atom stereocenters. The number of amides is 2. The maximum absolute atomic E-state index is 12.9. The van der Waals surface area contributed by atoms with E-state index in [0.29, 0.717) is 17.0 Å². The highest BCUT2D eigenvalue weighted by Crippen LogP contribution is 2.32. The lowest BCUT2D eigenvalue weighted by atomic mass is 9.84. The molecule has 0 spiro atoms. The van der Waals surface area contributed by atoms with Crippen LogP contribution in [0.3, 0.4) is 0 Å². The van der Waals surface area contributed by atoms with Crippen LogP contribution >= 0.6 is 11.3 Å². The molecule has 2 aromatic rings. The molecule has 0 unspecified atom stereocenters. The van der Waals surface area contributed by atoms with Crippen molar-refractivity contribution >= 4 is 23.2 Å². The lowest BCUT2D eigenvalue weighted by Crippen LogP contribution is -2.64. The highest BCUT2D eigenvalue weighted by molar-refractivity contribution is 7.11. The van der Waals surface area contributed by atoms with Crippen molar-refractivity contribution in [3.63, 3.8) is 0 Å². The van der Waals surface area contributed by atoms with Gasteiger partial charge in [-0.25, -0.2) is 4.98 Å². The number of aromatic nitrogens is 1. The Hall–Kier alpha value is -2.25. The van der Waals surface area contributed by atoms with Gasteiger partial charge in [0.25, 0.3) is 11.8 Å². The number of thiazole rings is 1. The number of benzene rings is 1. The van der Waals surface area contributed by atoms with E-state index in [4.69, 9.17) is 0 Å². The third kappa shape index (κ3) is 4.39. The highest BCUT2D eigenvalue weighted by atomic mass is 32.1. The molecule has 2 amide bonds. The quantitative estimate of drug-likeness (QED) is 0.734. The van der Waals surface area contributed by atoms with Crippen LogP contribution in [0.1, 0.15) is 63.7 Å². The van der Waals surface area contributed by atoms with E-state index < -0.39 is 0 Å². The Labute approximate surface area is 187 Å². The van der Waals surface area contributed by atoms with Crippen LogP contribution in [0.5, 0.6) is 0 Å². The van der Waals surface area contributed by atoms with Gasteiger partial charge >= 0.3 is 0 Å². The molecule has 164 valence electrons. The molecule has 6 nitrogen and oxygen atoms in total. The van der Waals surface area contributed by atoms with Crippen LogP contribution in [0.25, 0.3) is 0 Å². The molecule has 0 radical (unpaired) electrons. The molecule has 0 bridgehead atoms. The van der Waals surface area contributed by atoms with E-state index in [2.05, 4.69) is 22.0 Å². The van der Waals surface area contributed by atoms with Crippen LogP contribution in [0.4, 0.5) is 0 Å². The van der Waals surface area contributed by atoms with Gasteiger partial charge in [-0.2, -0.15) is 0 Å². The minimum Gasteiger partial charge on any atom is -0.335 e. The maximum Gasteiger partial charge on any atom is 0.282 e. The van der Waals surface area contributed by atoms with Crippen molar-refractivity contribution in [2.75, 3.05) is 39.3 Å². The van der Waals surface area contributed by atoms with Gasteiger partial charge < -0.3 is 9.80 Å². The second-order valence-corrected chi connectivity index (χ2v) is 9.88. The summed E-state index contributed by atoms with van der Waals surface area (Å²) in [5.41, 5.74) is 2.19. The molecule has 31 heavy (non-hydrogen) atoms. The van der Waals surface area contributed by atoms with Crippen LogP contribution < -0.4 is 0 Å². The zero-order valence-electron chi connectivity index (χ0n) is 17.9. The first-order valence-corrected chi connectivity index (χ1v) is 12.4. The van der Waals surface area contributed by atoms with Crippen molar-refractivity contribution < 1.29 is 9.59 Å². The van der Waals surface area contributed by atoms with Crippen LogP contribution in [0, 0.1) is 0 Å². The van der Waals surface area contributed by atoms with Crippen LogP contribution in [-0.4, -0.2) is 76.8 Å². The zero-order chi connectivity index (χ0) is 21.2. The Kier molecular flexibility index (Phi) is 6.05. The van der Waals surface area contributed by atoms with Crippen LogP contribution in [-0.2, 0) is 0 Å².